The molecular formula is C17H14N4O3S. The van der Waals surface area contributed by atoms with Crippen molar-refractivity contribution in [2.75, 3.05) is 17.4 Å². The fraction of sp³-hybridized carbons (Fsp3) is 0.118. The number of nitrogens with zero attached hydrogens (tertiary/aromatic N) is 2. The maximum absolute atomic E-state index is 12.2. The first-order chi connectivity index (χ1) is 12.3. The molecule has 0 spiro atoms. The first-order valence-electron chi connectivity index (χ1n) is 7.58. The summed E-state index contributed by atoms with van der Waals surface area (Å²) in [6.45, 7) is 0.206. The van der Waals surface area contributed by atoms with Crippen LogP contribution in [0.2, 0.25) is 0 Å². The van der Waals surface area contributed by atoms with Gasteiger partial charge in [-0.15, -0.1) is 11.3 Å². The average molecular weight is 354 g/mol. The SMILES string of the molecule is O=C(Cc1csc(Nc2ccccn2)n1)Nc1ccc2c(c1)OCO2. The lowest BCUT2D eigenvalue weighted by atomic mass is 10.2. The predicted octanol–water partition coefficient (Wildman–Crippen LogP) is 3.19. The Balaban J connectivity index is 1.36. The number of hydrogen-bond donors (Lipinski definition) is 2. The van der Waals surface area contributed by atoms with Gasteiger partial charge in [-0.1, -0.05) is 6.07 Å². The molecule has 25 heavy (non-hydrogen) atoms. The number of amides is 1. The van der Waals surface area contributed by atoms with Crippen molar-refractivity contribution in [3.63, 3.8) is 0 Å². The van der Waals surface area contributed by atoms with E-state index in [0.29, 0.717) is 33.8 Å². The maximum Gasteiger partial charge on any atom is 0.231 e. The summed E-state index contributed by atoms with van der Waals surface area (Å²) in [7, 11) is 0. The van der Waals surface area contributed by atoms with Crippen molar-refractivity contribution < 1.29 is 14.3 Å². The average Bonchev–Trinajstić information content (AvgIpc) is 3.24. The van der Waals surface area contributed by atoms with Crippen molar-refractivity contribution in [2.24, 2.45) is 0 Å². The molecule has 0 radical (unpaired) electrons. The normalized spacial score (nSPS) is 12.0. The lowest BCUT2D eigenvalue weighted by Gasteiger charge is -2.05. The van der Waals surface area contributed by atoms with Gasteiger partial charge in [-0.3, -0.25) is 4.79 Å². The van der Waals surface area contributed by atoms with Gasteiger partial charge in [0.1, 0.15) is 5.82 Å². The number of aromatic nitrogens is 2. The maximum atomic E-state index is 12.2. The fourth-order valence-electron chi connectivity index (χ4n) is 2.34. The molecule has 0 aliphatic carbocycles. The van der Waals surface area contributed by atoms with Gasteiger partial charge in [-0.2, -0.15) is 0 Å². The molecule has 8 heteroatoms. The van der Waals surface area contributed by atoms with E-state index in [1.807, 2.05) is 23.6 Å². The van der Waals surface area contributed by atoms with E-state index in [-0.39, 0.29) is 19.1 Å². The van der Waals surface area contributed by atoms with E-state index in [0.717, 1.165) is 0 Å². The largest absolute Gasteiger partial charge is 0.454 e. The van der Waals surface area contributed by atoms with Crippen molar-refractivity contribution in [3.05, 3.63) is 53.7 Å². The molecule has 1 aliphatic heterocycles. The van der Waals surface area contributed by atoms with Crippen LogP contribution in [0.25, 0.3) is 0 Å². The highest BCUT2D eigenvalue weighted by Crippen LogP contribution is 2.34. The summed E-state index contributed by atoms with van der Waals surface area (Å²) in [6.07, 6.45) is 1.89. The highest BCUT2D eigenvalue weighted by Gasteiger charge is 2.15. The van der Waals surface area contributed by atoms with Gasteiger partial charge >= 0.3 is 0 Å². The number of carbonyl (C=O) groups is 1. The molecule has 0 bridgehead atoms. The summed E-state index contributed by atoms with van der Waals surface area (Å²) in [6, 6.07) is 10.9. The number of benzene rings is 1. The Bertz CT molecular complexity index is 898. The summed E-state index contributed by atoms with van der Waals surface area (Å²) in [5.41, 5.74) is 1.36. The first kappa shape index (κ1) is 15.4. The number of ether oxygens (including phenoxy) is 2. The molecule has 2 N–H and O–H groups in total. The molecule has 4 rings (SSSR count). The highest BCUT2D eigenvalue weighted by atomic mass is 32.1. The molecule has 1 aromatic carbocycles. The van der Waals surface area contributed by atoms with Crippen LogP contribution < -0.4 is 20.1 Å². The number of hydrogen-bond acceptors (Lipinski definition) is 7. The number of thiazole rings is 1. The number of anilines is 3. The fourth-order valence-corrected chi connectivity index (χ4v) is 3.05. The van der Waals surface area contributed by atoms with Crippen LogP contribution in [0.15, 0.2) is 48.0 Å². The van der Waals surface area contributed by atoms with E-state index in [4.69, 9.17) is 9.47 Å². The van der Waals surface area contributed by atoms with Crippen LogP contribution in [0.4, 0.5) is 16.6 Å². The Kier molecular flexibility index (Phi) is 4.17. The lowest BCUT2D eigenvalue weighted by Crippen LogP contribution is -2.14. The van der Waals surface area contributed by atoms with Crippen LogP contribution in [-0.4, -0.2) is 22.7 Å². The van der Waals surface area contributed by atoms with Crippen LogP contribution in [0.3, 0.4) is 0 Å². The zero-order valence-corrected chi connectivity index (χ0v) is 13.9. The lowest BCUT2D eigenvalue weighted by molar-refractivity contribution is -0.115. The number of nitrogens with one attached hydrogen (secondary N) is 2. The predicted molar refractivity (Wildman–Crippen MR) is 94.5 cm³/mol. The van der Waals surface area contributed by atoms with E-state index in [1.54, 1.807) is 24.4 Å². The number of carbonyl (C=O) groups excluding carboxylic acids is 1. The molecule has 0 saturated heterocycles. The molecule has 126 valence electrons. The first-order valence-corrected chi connectivity index (χ1v) is 8.46. The number of pyridine rings is 1. The summed E-state index contributed by atoms with van der Waals surface area (Å²) in [5.74, 6) is 1.89. The number of rotatable bonds is 5. The summed E-state index contributed by atoms with van der Waals surface area (Å²) in [4.78, 5) is 20.8. The van der Waals surface area contributed by atoms with E-state index in [2.05, 4.69) is 20.6 Å². The molecule has 7 nitrogen and oxygen atoms in total. The minimum atomic E-state index is -0.145. The van der Waals surface area contributed by atoms with Gasteiger partial charge in [0.25, 0.3) is 0 Å². The van der Waals surface area contributed by atoms with Crippen molar-refractivity contribution in [1.29, 1.82) is 0 Å². The second-order valence-corrected chi connectivity index (χ2v) is 6.14. The van der Waals surface area contributed by atoms with Crippen LogP contribution >= 0.6 is 11.3 Å². The van der Waals surface area contributed by atoms with Crippen LogP contribution in [-0.2, 0) is 11.2 Å². The Hall–Kier alpha value is -3.13. The Morgan fingerprint density at radius 3 is 3.00 bits per heavy atom. The molecule has 3 heterocycles. The van der Waals surface area contributed by atoms with Gasteiger partial charge in [0.05, 0.1) is 12.1 Å². The van der Waals surface area contributed by atoms with Crippen molar-refractivity contribution in [1.82, 2.24) is 9.97 Å². The minimum Gasteiger partial charge on any atom is -0.454 e. The summed E-state index contributed by atoms with van der Waals surface area (Å²) in [5, 5.41) is 8.50. The minimum absolute atomic E-state index is 0.145. The molecule has 0 unspecified atom stereocenters. The van der Waals surface area contributed by atoms with Crippen LogP contribution in [0.5, 0.6) is 11.5 Å². The van der Waals surface area contributed by atoms with Gasteiger partial charge in [0.15, 0.2) is 16.6 Å². The molecule has 2 aromatic heterocycles. The van der Waals surface area contributed by atoms with Crippen molar-refractivity contribution in [3.8, 4) is 11.5 Å². The second kappa shape index (κ2) is 6.78. The molecule has 1 aliphatic rings. The molecule has 0 fully saturated rings. The molecule has 0 atom stereocenters. The monoisotopic (exact) mass is 354 g/mol. The third-order valence-electron chi connectivity index (χ3n) is 3.45. The summed E-state index contributed by atoms with van der Waals surface area (Å²) < 4.78 is 10.6. The van der Waals surface area contributed by atoms with E-state index >= 15 is 0 Å². The third kappa shape index (κ3) is 3.69. The molecular weight excluding hydrogens is 340 g/mol. The van der Waals surface area contributed by atoms with Gasteiger partial charge in [-0.05, 0) is 24.3 Å². The van der Waals surface area contributed by atoms with Gasteiger partial charge < -0.3 is 20.1 Å². The van der Waals surface area contributed by atoms with E-state index in [9.17, 15) is 4.79 Å². The van der Waals surface area contributed by atoms with Crippen molar-refractivity contribution in [2.45, 2.75) is 6.42 Å². The van der Waals surface area contributed by atoms with Gasteiger partial charge in [0.2, 0.25) is 12.7 Å². The third-order valence-corrected chi connectivity index (χ3v) is 4.26. The Morgan fingerprint density at radius 1 is 1.20 bits per heavy atom. The topological polar surface area (TPSA) is 85.4 Å². The van der Waals surface area contributed by atoms with E-state index < -0.39 is 0 Å². The zero-order valence-electron chi connectivity index (χ0n) is 13.1. The molecule has 0 saturated carbocycles. The van der Waals surface area contributed by atoms with E-state index in [1.165, 1.54) is 11.3 Å². The quantitative estimate of drug-likeness (QED) is 0.732. The van der Waals surface area contributed by atoms with Crippen molar-refractivity contribution >= 4 is 33.9 Å². The highest BCUT2D eigenvalue weighted by molar-refractivity contribution is 7.13. The summed E-state index contributed by atoms with van der Waals surface area (Å²) >= 11 is 1.43. The van der Waals surface area contributed by atoms with Gasteiger partial charge in [0, 0.05) is 23.3 Å². The van der Waals surface area contributed by atoms with Crippen LogP contribution in [0.1, 0.15) is 5.69 Å². The Labute approximate surface area is 147 Å². The molecule has 3 aromatic rings. The molecule has 1 amide bonds. The zero-order chi connectivity index (χ0) is 17.1. The number of fused-ring (bicyclic) bond motifs is 1. The van der Waals surface area contributed by atoms with Crippen LogP contribution in [0, 0.1) is 0 Å². The second-order valence-electron chi connectivity index (χ2n) is 5.28. The smallest absolute Gasteiger partial charge is 0.231 e. The standard InChI is InChI=1S/C17H14N4O3S/c22-16(19-11-4-5-13-14(7-11)24-10-23-13)8-12-9-25-17(20-12)21-15-3-1-2-6-18-15/h1-7,9H,8,10H2,(H,19,22)(H,18,20,21). The van der Waals surface area contributed by atoms with Gasteiger partial charge in [-0.25, -0.2) is 9.97 Å². The Morgan fingerprint density at radius 2 is 2.12 bits per heavy atom.